The molecule has 0 saturated carbocycles. The Morgan fingerprint density at radius 1 is 1.23 bits per heavy atom. The molecule has 0 fully saturated rings. The van der Waals surface area contributed by atoms with Crippen LogP contribution in [-0.2, 0) is 11.2 Å². The zero-order valence-corrected chi connectivity index (χ0v) is 18.3. The highest BCUT2D eigenvalue weighted by atomic mass is 16.5. The van der Waals surface area contributed by atoms with E-state index < -0.39 is 6.10 Å². The Labute approximate surface area is 178 Å². The molecular weight excluding hydrogens is 384 g/mol. The molecule has 7 heteroatoms. The van der Waals surface area contributed by atoms with Gasteiger partial charge in [0.1, 0.15) is 17.2 Å². The summed E-state index contributed by atoms with van der Waals surface area (Å²) in [4.78, 5) is 11.5. The van der Waals surface area contributed by atoms with Gasteiger partial charge in [-0.3, -0.25) is 4.79 Å². The van der Waals surface area contributed by atoms with Crippen LogP contribution in [0, 0.1) is 0 Å². The second-order valence-corrected chi connectivity index (χ2v) is 7.55. The maximum absolute atomic E-state index is 11.5. The van der Waals surface area contributed by atoms with Crippen molar-refractivity contribution in [3.8, 4) is 17.2 Å². The van der Waals surface area contributed by atoms with Gasteiger partial charge >= 0.3 is 0 Å². The Morgan fingerprint density at radius 3 is 2.53 bits per heavy atom. The molecule has 1 atom stereocenters. The van der Waals surface area contributed by atoms with Gasteiger partial charge in [-0.15, -0.1) is 0 Å². The van der Waals surface area contributed by atoms with Crippen LogP contribution < -0.4 is 20.1 Å². The molecule has 4 N–H and O–H groups in total. The largest absolute Gasteiger partial charge is 0.508 e. The number of rotatable bonds is 7. The number of benzene rings is 2. The number of methoxy groups -OCH3 is 1. The predicted molar refractivity (Wildman–Crippen MR) is 117 cm³/mol. The van der Waals surface area contributed by atoms with Crippen molar-refractivity contribution in [3.05, 3.63) is 47.5 Å². The Bertz CT molecular complexity index is 849. The first-order valence-electron chi connectivity index (χ1n) is 10.1. The molecule has 164 valence electrons. The van der Waals surface area contributed by atoms with Crippen molar-refractivity contribution in [1.29, 1.82) is 0 Å². The predicted octanol–water partition coefficient (Wildman–Crippen LogP) is 3.40. The molecule has 2 aromatic carbocycles. The number of phenolic OH excluding ortho intramolecular Hbond substituents is 1. The fourth-order valence-electron chi connectivity index (χ4n) is 3.26. The summed E-state index contributed by atoms with van der Waals surface area (Å²) in [5, 5.41) is 26.6. The van der Waals surface area contributed by atoms with E-state index in [1.165, 1.54) is 12.1 Å². The Kier molecular flexibility index (Phi) is 8.08. The van der Waals surface area contributed by atoms with Gasteiger partial charge in [0.05, 0.1) is 18.9 Å². The molecule has 1 heterocycles. The molecule has 3 rings (SSSR count). The van der Waals surface area contributed by atoms with Crippen molar-refractivity contribution in [1.82, 2.24) is 5.32 Å². The van der Waals surface area contributed by atoms with Crippen LogP contribution in [0.4, 0.5) is 5.69 Å². The number of nitrogens with one attached hydrogen (secondary N) is 2. The van der Waals surface area contributed by atoms with Crippen LogP contribution in [0.1, 0.15) is 44.9 Å². The normalized spacial score (nSPS) is 13.9. The van der Waals surface area contributed by atoms with Crippen LogP contribution in [0.5, 0.6) is 17.2 Å². The van der Waals surface area contributed by atoms with Crippen LogP contribution in [-0.4, -0.2) is 41.9 Å². The van der Waals surface area contributed by atoms with Crippen molar-refractivity contribution in [2.75, 3.05) is 25.6 Å². The van der Waals surface area contributed by atoms with Gasteiger partial charge in [-0.05, 0) is 44.0 Å². The third kappa shape index (κ3) is 6.11. The van der Waals surface area contributed by atoms with Gasteiger partial charge in [0.2, 0.25) is 0 Å². The Morgan fingerprint density at radius 2 is 1.90 bits per heavy atom. The molecule has 1 amide bonds. The maximum atomic E-state index is 11.5. The van der Waals surface area contributed by atoms with Crippen LogP contribution in [0.3, 0.4) is 0 Å². The number of carbonyl (C=O) groups excluding carboxylic acids is 1. The fraction of sp³-hybridized carbons (Fsp3) is 0.435. The van der Waals surface area contributed by atoms with E-state index in [4.69, 9.17) is 9.47 Å². The molecule has 0 aliphatic carbocycles. The number of aliphatic hydroxyl groups excluding tert-OH is 1. The first-order valence-corrected chi connectivity index (χ1v) is 10.1. The summed E-state index contributed by atoms with van der Waals surface area (Å²) >= 11 is 0. The summed E-state index contributed by atoms with van der Waals surface area (Å²) in [6.07, 6.45) is -0.153. The molecule has 30 heavy (non-hydrogen) atoms. The van der Waals surface area contributed by atoms with E-state index in [-0.39, 0.29) is 30.3 Å². The van der Waals surface area contributed by atoms with E-state index >= 15 is 0 Å². The van der Waals surface area contributed by atoms with Crippen LogP contribution in [0.25, 0.3) is 0 Å². The monoisotopic (exact) mass is 416 g/mol. The first kappa shape index (κ1) is 23.5. The standard InChI is InChI=1S/C21H26N2O5.C2H6/c1-21(2,10-13-4-6-15(27-3)7-5-13)22-11-18(25)16-8-14(24)9-17-20(16)28-12-19(26)23-17;1-2/h4-9,18,22,24-25H,10-12H2,1-3H3,(H,23,26);1-2H3. The maximum Gasteiger partial charge on any atom is 0.262 e. The van der Waals surface area contributed by atoms with Crippen molar-refractivity contribution >= 4 is 11.6 Å². The molecule has 2 aromatic rings. The summed E-state index contributed by atoms with van der Waals surface area (Å²) in [5.41, 5.74) is 1.67. The average molecular weight is 417 g/mol. The molecule has 1 aliphatic rings. The molecular formula is C23H32N2O5. The quantitative estimate of drug-likeness (QED) is 0.552. The highest BCUT2D eigenvalue weighted by Gasteiger charge is 2.26. The first-order chi connectivity index (χ1) is 14.3. The topological polar surface area (TPSA) is 100 Å². The van der Waals surface area contributed by atoms with Gasteiger partial charge in [0.15, 0.2) is 6.61 Å². The van der Waals surface area contributed by atoms with Crippen molar-refractivity contribution in [2.45, 2.75) is 45.8 Å². The van der Waals surface area contributed by atoms with Crippen LogP contribution in [0.2, 0.25) is 0 Å². The number of aromatic hydroxyl groups is 1. The minimum Gasteiger partial charge on any atom is -0.508 e. The van der Waals surface area contributed by atoms with Crippen LogP contribution in [0.15, 0.2) is 36.4 Å². The number of amides is 1. The van der Waals surface area contributed by atoms with Gasteiger partial charge < -0.3 is 30.3 Å². The highest BCUT2D eigenvalue weighted by molar-refractivity contribution is 5.96. The average Bonchev–Trinajstić information content (AvgIpc) is 2.73. The smallest absolute Gasteiger partial charge is 0.262 e. The number of aliphatic hydroxyl groups is 1. The zero-order chi connectivity index (χ0) is 22.3. The minimum absolute atomic E-state index is 0.0453. The lowest BCUT2D eigenvalue weighted by atomic mass is 9.94. The van der Waals surface area contributed by atoms with E-state index in [1.54, 1.807) is 7.11 Å². The fourth-order valence-corrected chi connectivity index (χ4v) is 3.26. The highest BCUT2D eigenvalue weighted by Crippen LogP contribution is 2.38. The number of anilines is 1. The number of phenols is 1. The molecule has 1 unspecified atom stereocenters. The zero-order valence-electron chi connectivity index (χ0n) is 18.3. The minimum atomic E-state index is -0.911. The van der Waals surface area contributed by atoms with Gasteiger partial charge in [0, 0.05) is 23.7 Å². The van der Waals surface area contributed by atoms with E-state index in [0.717, 1.165) is 17.7 Å². The number of ether oxygens (including phenoxy) is 2. The van der Waals surface area contributed by atoms with Gasteiger partial charge in [-0.1, -0.05) is 26.0 Å². The molecule has 0 spiro atoms. The molecule has 0 bridgehead atoms. The molecule has 0 saturated heterocycles. The number of hydrogen-bond donors (Lipinski definition) is 4. The number of β-amino-alcohol motifs (C(OH)–C–C–N with tert-alkyl or cyclic N) is 1. The molecule has 1 aliphatic heterocycles. The third-order valence-electron chi connectivity index (χ3n) is 4.66. The van der Waals surface area contributed by atoms with E-state index in [1.807, 2.05) is 38.1 Å². The molecule has 0 aromatic heterocycles. The summed E-state index contributed by atoms with van der Waals surface area (Å²) in [5.74, 6) is 0.860. The van der Waals surface area contributed by atoms with Crippen molar-refractivity contribution in [3.63, 3.8) is 0 Å². The van der Waals surface area contributed by atoms with Crippen molar-refractivity contribution < 1.29 is 24.5 Å². The number of fused-ring (bicyclic) bond motifs is 1. The van der Waals surface area contributed by atoms with Crippen LogP contribution >= 0.6 is 0 Å². The summed E-state index contributed by atoms with van der Waals surface area (Å²) < 4.78 is 10.7. The van der Waals surface area contributed by atoms with E-state index in [9.17, 15) is 15.0 Å². The summed E-state index contributed by atoms with van der Waals surface area (Å²) in [6, 6.07) is 10.7. The second-order valence-electron chi connectivity index (χ2n) is 7.55. The molecule has 7 nitrogen and oxygen atoms in total. The third-order valence-corrected chi connectivity index (χ3v) is 4.66. The van der Waals surface area contributed by atoms with Gasteiger partial charge in [-0.2, -0.15) is 0 Å². The summed E-state index contributed by atoms with van der Waals surface area (Å²) in [6.45, 7) is 8.25. The Hall–Kier alpha value is -2.77. The SMILES string of the molecule is CC.COc1ccc(CC(C)(C)NCC(O)c2cc(O)cc3c2OCC(=O)N3)cc1. The van der Waals surface area contributed by atoms with Crippen molar-refractivity contribution in [2.24, 2.45) is 0 Å². The lowest BCUT2D eigenvalue weighted by Gasteiger charge is -2.29. The van der Waals surface area contributed by atoms with Gasteiger partial charge in [0.25, 0.3) is 5.91 Å². The second kappa shape index (κ2) is 10.3. The van der Waals surface area contributed by atoms with E-state index in [0.29, 0.717) is 17.0 Å². The Balaban J connectivity index is 0.00000155. The van der Waals surface area contributed by atoms with E-state index in [2.05, 4.69) is 24.5 Å². The number of hydrogen-bond acceptors (Lipinski definition) is 6. The molecule has 0 radical (unpaired) electrons. The summed E-state index contributed by atoms with van der Waals surface area (Å²) in [7, 11) is 1.64. The van der Waals surface area contributed by atoms with Gasteiger partial charge in [-0.25, -0.2) is 0 Å². The lowest BCUT2D eigenvalue weighted by molar-refractivity contribution is -0.118. The number of carbonyl (C=O) groups is 1. The lowest BCUT2D eigenvalue weighted by Crippen LogP contribution is -2.43.